The zero-order chi connectivity index (χ0) is 18.8. The Labute approximate surface area is 184 Å². The standard InChI is InChI=1S/C21H42N4O.HI/c1-5-26-20(17(2)3)11-14-23-21(22-4)24-18-12-15-25(16-13-18)19-9-7-6-8-10-19;/h17-20H,5-16H2,1-4H3,(H2,22,23,24);1H. The monoisotopic (exact) mass is 494 g/mol. The first kappa shape index (κ1) is 25.0. The normalized spacial score (nSPS) is 21.7. The Hall–Kier alpha value is -0.0800. The summed E-state index contributed by atoms with van der Waals surface area (Å²) in [6.45, 7) is 10.7. The van der Waals surface area contributed by atoms with Gasteiger partial charge in [-0.05, 0) is 44.9 Å². The van der Waals surface area contributed by atoms with E-state index in [4.69, 9.17) is 4.74 Å². The number of halogens is 1. The van der Waals surface area contributed by atoms with Crippen LogP contribution in [0.25, 0.3) is 0 Å². The van der Waals surface area contributed by atoms with Crippen LogP contribution in [0.5, 0.6) is 0 Å². The molecule has 2 rings (SSSR count). The Bertz CT molecular complexity index is 405. The molecule has 0 aromatic rings. The Morgan fingerprint density at radius 2 is 1.78 bits per heavy atom. The molecule has 2 fully saturated rings. The topological polar surface area (TPSA) is 48.9 Å². The number of piperidine rings is 1. The minimum absolute atomic E-state index is 0. The van der Waals surface area contributed by atoms with Gasteiger partial charge in [-0.15, -0.1) is 24.0 Å². The van der Waals surface area contributed by atoms with E-state index in [1.54, 1.807) is 0 Å². The number of hydrogen-bond donors (Lipinski definition) is 2. The van der Waals surface area contributed by atoms with Crippen molar-refractivity contribution in [2.75, 3.05) is 33.3 Å². The summed E-state index contributed by atoms with van der Waals surface area (Å²) in [5.41, 5.74) is 0. The molecule has 1 unspecified atom stereocenters. The van der Waals surface area contributed by atoms with E-state index in [1.807, 2.05) is 7.05 Å². The van der Waals surface area contributed by atoms with Crippen molar-refractivity contribution in [1.29, 1.82) is 0 Å². The Morgan fingerprint density at radius 3 is 2.33 bits per heavy atom. The summed E-state index contributed by atoms with van der Waals surface area (Å²) >= 11 is 0. The number of guanidine groups is 1. The predicted octanol–water partition coefficient (Wildman–Crippen LogP) is 4.02. The molecule has 1 atom stereocenters. The number of ether oxygens (including phenoxy) is 1. The molecule has 1 aliphatic heterocycles. The van der Waals surface area contributed by atoms with Gasteiger partial charge in [-0.1, -0.05) is 33.1 Å². The molecule has 5 nitrogen and oxygen atoms in total. The van der Waals surface area contributed by atoms with E-state index < -0.39 is 0 Å². The van der Waals surface area contributed by atoms with E-state index in [9.17, 15) is 0 Å². The van der Waals surface area contributed by atoms with Crippen molar-refractivity contribution in [3.05, 3.63) is 0 Å². The molecule has 1 saturated carbocycles. The highest BCUT2D eigenvalue weighted by Crippen LogP contribution is 2.25. The fourth-order valence-corrected chi connectivity index (χ4v) is 4.40. The van der Waals surface area contributed by atoms with Crippen molar-refractivity contribution < 1.29 is 4.74 Å². The van der Waals surface area contributed by atoms with Crippen LogP contribution >= 0.6 is 24.0 Å². The molecule has 0 bridgehead atoms. The number of hydrogen-bond acceptors (Lipinski definition) is 3. The van der Waals surface area contributed by atoms with Crippen LogP contribution < -0.4 is 10.6 Å². The predicted molar refractivity (Wildman–Crippen MR) is 126 cm³/mol. The van der Waals surface area contributed by atoms with Gasteiger partial charge in [-0.2, -0.15) is 0 Å². The van der Waals surface area contributed by atoms with Crippen molar-refractivity contribution in [2.45, 2.75) is 90.3 Å². The molecule has 0 aromatic carbocycles. The Morgan fingerprint density at radius 1 is 1.11 bits per heavy atom. The van der Waals surface area contributed by atoms with Gasteiger partial charge in [-0.3, -0.25) is 4.99 Å². The lowest BCUT2D eigenvalue weighted by Crippen LogP contribution is -2.51. The van der Waals surface area contributed by atoms with Gasteiger partial charge >= 0.3 is 0 Å². The molecule has 1 heterocycles. The first-order valence-corrected chi connectivity index (χ1v) is 11.0. The molecule has 0 radical (unpaired) electrons. The van der Waals surface area contributed by atoms with E-state index >= 15 is 0 Å². The van der Waals surface area contributed by atoms with E-state index in [1.165, 1.54) is 58.0 Å². The molecule has 1 aliphatic carbocycles. The van der Waals surface area contributed by atoms with Crippen molar-refractivity contribution in [1.82, 2.24) is 15.5 Å². The van der Waals surface area contributed by atoms with Crippen molar-refractivity contribution in [2.24, 2.45) is 10.9 Å². The molecule has 2 N–H and O–H groups in total. The van der Waals surface area contributed by atoms with Crippen LogP contribution in [-0.2, 0) is 4.74 Å². The number of nitrogens with one attached hydrogen (secondary N) is 2. The van der Waals surface area contributed by atoms with Crippen LogP contribution in [0.15, 0.2) is 4.99 Å². The number of nitrogens with zero attached hydrogens (tertiary/aromatic N) is 2. The molecule has 27 heavy (non-hydrogen) atoms. The second kappa shape index (κ2) is 14.0. The first-order chi connectivity index (χ1) is 12.6. The lowest BCUT2D eigenvalue weighted by atomic mass is 9.92. The van der Waals surface area contributed by atoms with Crippen LogP contribution in [0.1, 0.15) is 72.1 Å². The molecule has 160 valence electrons. The summed E-state index contributed by atoms with van der Waals surface area (Å²) < 4.78 is 5.83. The van der Waals surface area contributed by atoms with Gasteiger partial charge in [0.05, 0.1) is 6.10 Å². The lowest BCUT2D eigenvalue weighted by Gasteiger charge is -2.39. The zero-order valence-corrected chi connectivity index (χ0v) is 20.3. The summed E-state index contributed by atoms with van der Waals surface area (Å²) in [5, 5.41) is 7.12. The molecule has 6 heteroatoms. The highest BCUT2D eigenvalue weighted by atomic mass is 127. The summed E-state index contributed by atoms with van der Waals surface area (Å²) in [7, 11) is 1.87. The van der Waals surface area contributed by atoms with Crippen molar-refractivity contribution >= 4 is 29.9 Å². The summed E-state index contributed by atoms with van der Waals surface area (Å²) in [6, 6.07) is 1.41. The largest absolute Gasteiger partial charge is 0.378 e. The maximum atomic E-state index is 5.83. The van der Waals surface area contributed by atoms with E-state index in [0.29, 0.717) is 18.1 Å². The van der Waals surface area contributed by atoms with E-state index in [-0.39, 0.29) is 24.0 Å². The second-order valence-corrected chi connectivity index (χ2v) is 8.27. The molecular formula is C21H43IN4O. The number of aliphatic imine (C=N–C) groups is 1. The van der Waals surface area contributed by atoms with Crippen molar-refractivity contribution in [3.8, 4) is 0 Å². The van der Waals surface area contributed by atoms with Gasteiger partial charge in [0.25, 0.3) is 0 Å². The number of rotatable bonds is 8. The van der Waals surface area contributed by atoms with Gasteiger partial charge in [0.1, 0.15) is 0 Å². The molecule has 1 saturated heterocycles. The first-order valence-electron chi connectivity index (χ1n) is 11.0. The highest BCUT2D eigenvalue weighted by molar-refractivity contribution is 14.0. The van der Waals surface area contributed by atoms with E-state index in [2.05, 4.69) is 41.3 Å². The van der Waals surface area contributed by atoms with Gasteiger partial charge in [0, 0.05) is 45.4 Å². The molecular weight excluding hydrogens is 451 g/mol. The summed E-state index contributed by atoms with van der Waals surface area (Å²) in [5.74, 6) is 1.50. The third kappa shape index (κ3) is 8.86. The van der Waals surface area contributed by atoms with Gasteiger partial charge in [0.2, 0.25) is 0 Å². The van der Waals surface area contributed by atoms with Gasteiger partial charge in [0.15, 0.2) is 5.96 Å². The van der Waals surface area contributed by atoms with Crippen LogP contribution in [0.4, 0.5) is 0 Å². The molecule has 0 aromatic heterocycles. The molecule has 2 aliphatic rings. The van der Waals surface area contributed by atoms with Crippen LogP contribution in [0.3, 0.4) is 0 Å². The Kier molecular flexibility index (Phi) is 12.9. The average molecular weight is 495 g/mol. The smallest absolute Gasteiger partial charge is 0.191 e. The van der Waals surface area contributed by atoms with Gasteiger partial charge < -0.3 is 20.3 Å². The fraction of sp³-hybridized carbons (Fsp3) is 0.952. The zero-order valence-electron chi connectivity index (χ0n) is 18.0. The Balaban J connectivity index is 0.00000364. The van der Waals surface area contributed by atoms with Gasteiger partial charge in [-0.25, -0.2) is 0 Å². The maximum Gasteiger partial charge on any atom is 0.191 e. The van der Waals surface area contributed by atoms with Crippen LogP contribution in [-0.4, -0.2) is 62.3 Å². The highest BCUT2D eigenvalue weighted by Gasteiger charge is 2.26. The molecule has 0 amide bonds. The summed E-state index contributed by atoms with van der Waals surface area (Å²) in [6.07, 6.45) is 10.9. The van der Waals surface area contributed by atoms with Crippen molar-refractivity contribution in [3.63, 3.8) is 0 Å². The van der Waals surface area contributed by atoms with E-state index in [0.717, 1.165) is 31.6 Å². The van der Waals surface area contributed by atoms with Crippen LogP contribution in [0.2, 0.25) is 0 Å². The average Bonchev–Trinajstić information content (AvgIpc) is 2.67. The maximum absolute atomic E-state index is 5.83. The third-order valence-corrected chi connectivity index (χ3v) is 6.03. The second-order valence-electron chi connectivity index (χ2n) is 8.27. The fourth-order valence-electron chi connectivity index (χ4n) is 4.40. The van der Waals surface area contributed by atoms with Crippen LogP contribution in [0, 0.1) is 5.92 Å². The minimum Gasteiger partial charge on any atom is -0.378 e. The minimum atomic E-state index is 0. The number of likely N-dealkylation sites (tertiary alicyclic amines) is 1. The SMILES string of the molecule is CCOC(CCNC(=NC)NC1CCN(C2CCCCC2)CC1)C(C)C.I. The summed E-state index contributed by atoms with van der Waals surface area (Å²) in [4.78, 5) is 7.16. The quantitative estimate of drug-likeness (QED) is 0.304. The molecule has 0 spiro atoms. The lowest BCUT2D eigenvalue weighted by molar-refractivity contribution is 0.0258. The third-order valence-electron chi connectivity index (χ3n) is 6.03.